The standard InChI is InChI=1S/C26H30N6O4S/c1-31(18-5-8-27-9-6-18)23-7-10-28-14-21(23)29-24(33)22-16-37-26(30-22)32-15-17-3-4-19(36-12-11-35-2)13-20(17)25(32)34/h3-4,7,10,13-14,16,18,27H,5-6,8-9,11-12,15H2,1-2H3,(H,29,33). The van der Waals surface area contributed by atoms with Crippen molar-refractivity contribution >= 4 is 39.7 Å². The number of fused-ring (bicyclic) bond motifs is 1. The fraction of sp³-hybridized carbons (Fsp3) is 0.385. The molecule has 1 aromatic carbocycles. The van der Waals surface area contributed by atoms with Gasteiger partial charge in [0.2, 0.25) is 0 Å². The molecule has 194 valence electrons. The molecule has 0 spiro atoms. The Hall–Kier alpha value is -3.54. The molecule has 11 heteroatoms. The number of pyridine rings is 1. The number of amides is 2. The van der Waals surface area contributed by atoms with Crippen molar-refractivity contribution in [2.75, 3.05) is 55.6 Å². The second kappa shape index (κ2) is 11.2. The van der Waals surface area contributed by atoms with Gasteiger partial charge in [-0.15, -0.1) is 11.3 Å². The first-order chi connectivity index (χ1) is 18.0. The van der Waals surface area contributed by atoms with Crippen LogP contribution in [0, 0.1) is 0 Å². The van der Waals surface area contributed by atoms with E-state index in [1.165, 1.54) is 11.3 Å². The second-order valence-corrected chi connectivity index (χ2v) is 9.84. The molecule has 0 saturated carbocycles. The van der Waals surface area contributed by atoms with E-state index in [1.54, 1.807) is 35.8 Å². The highest BCUT2D eigenvalue weighted by Gasteiger charge is 2.31. The van der Waals surface area contributed by atoms with Crippen LogP contribution in [-0.4, -0.2) is 68.3 Å². The number of benzene rings is 1. The molecular weight excluding hydrogens is 492 g/mol. The van der Waals surface area contributed by atoms with E-state index >= 15 is 0 Å². The average Bonchev–Trinajstić information content (AvgIpc) is 3.54. The fourth-order valence-electron chi connectivity index (χ4n) is 4.63. The molecule has 1 fully saturated rings. The Bertz CT molecular complexity index is 1280. The summed E-state index contributed by atoms with van der Waals surface area (Å²) < 4.78 is 10.7. The Labute approximate surface area is 219 Å². The van der Waals surface area contributed by atoms with E-state index in [0.717, 1.165) is 37.2 Å². The molecule has 0 aliphatic carbocycles. The summed E-state index contributed by atoms with van der Waals surface area (Å²) in [5, 5.41) is 8.50. The highest BCUT2D eigenvalue weighted by Crippen LogP contribution is 2.33. The van der Waals surface area contributed by atoms with Crippen molar-refractivity contribution < 1.29 is 19.1 Å². The molecule has 0 bridgehead atoms. The summed E-state index contributed by atoms with van der Waals surface area (Å²) in [4.78, 5) is 38.7. The van der Waals surface area contributed by atoms with Gasteiger partial charge >= 0.3 is 0 Å². The summed E-state index contributed by atoms with van der Waals surface area (Å²) in [6.07, 6.45) is 5.46. The van der Waals surface area contributed by atoms with Crippen LogP contribution in [0.1, 0.15) is 39.3 Å². The SMILES string of the molecule is COCCOc1ccc2c(c1)C(=O)N(c1nc(C(=O)Nc3cnccc3N(C)C3CCNCC3)cs1)C2. The molecule has 4 heterocycles. The molecule has 0 unspecified atom stereocenters. The number of carbonyl (C=O) groups is 2. The van der Waals surface area contributed by atoms with Crippen molar-refractivity contribution in [3.05, 3.63) is 58.9 Å². The number of nitrogens with one attached hydrogen (secondary N) is 2. The predicted molar refractivity (Wildman–Crippen MR) is 143 cm³/mol. The number of methoxy groups -OCH3 is 1. The van der Waals surface area contributed by atoms with Gasteiger partial charge in [-0.05, 0) is 49.7 Å². The highest BCUT2D eigenvalue weighted by molar-refractivity contribution is 7.14. The van der Waals surface area contributed by atoms with E-state index in [2.05, 4.69) is 25.5 Å². The summed E-state index contributed by atoms with van der Waals surface area (Å²) in [7, 11) is 3.66. The van der Waals surface area contributed by atoms with Crippen molar-refractivity contribution in [1.82, 2.24) is 15.3 Å². The lowest BCUT2D eigenvalue weighted by Gasteiger charge is -2.34. The Morgan fingerprint density at radius 3 is 2.92 bits per heavy atom. The smallest absolute Gasteiger partial charge is 0.275 e. The summed E-state index contributed by atoms with van der Waals surface area (Å²) in [6, 6.07) is 7.78. The first-order valence-electron chi connectivity index (χ1n) is 12.3. The van der Waals surface area contributed by atoms with Crippen molar-refractivity contribution in [1.29, 1.82) is 0 Å². The number of piperidine rings is 1. The number of thiazole rings is 1. The maximum atomic E-state index is 13.1. The van der Waals surface area contributed by atoms with Gasteiger partial charge in [-0.25, -0.2) is 4.98 Å². The quantitative estimate of drug-likeness (QED) is 0.413. The monoisotopic (exact) mass is 522 g/mol. The number of hydrogen-bond acceptors (Lipinski definition) is 9. The van der Waals surface area contributed by atoms with Gasteiger partial charge in [0, 0.05) is 37.3 Å². The van der Waals surface area contributed by atoms with Gasteiger partial charge in [0.05, 0.1) is 30.7 Å². The van der Waals surface area contributed by atoms with Crippen molar-refractivity contribution in [3.63, 3.8) is 0 Å². The molecule has 2 aromatic heterocycles. The van der Waals surface area contributed by atoms with E-state index < -0.39 is 0 Å². The number of hydrogen-bond donors (Lipinski definition) is 2. The number of anilines is 3. The molecule has 2 aliphatic heterocycles. The molecule has 10 nitrogen and oxygen atoms in total. The third-order valence-corrected chi connectivity index (χ3v) is 7.54. The normalized spacial score (nSPS) is 15.5. The first-order valence-corrected chi connectivity index (χ1v) is 13.1. The van der Waals surface area contributed by atoms with Crippen molar-refractivity contribution in [3.8, 4) is 5.75 Å². The van der Waals surface area contributed by atoms with Crippen molar-refractivity contribution in [2.24, 2.45) is 0 Å². The molecule has 2 N–H and O–H groups in total. The third-order valence-electron chi connectivity index (χ3n) is 6.68. The van der Waals surface area contributed by atoms with Gasteiger partial charge in [0.15, 0.2) is 5.13 Å². The minimum Gasteiger partial charge on any atom is -0.491 e. The van der Waals surface area contributed by atoms with Crippen LogP contribution < -0.4 is 25.2 Å². The van der Waals surface area contributed by atoms with Crippen LogP contribution in [0.5, 0.6) is 5.75 Å². The lowest BCUT2D eigenvalue weighted by Crippen LogP contribution is -2.41. The lowest BCUT2D eigenvalue weighted by atomic mass is 10.0. The largest absolute Gasteiger partial charge is 0.491 e. The van der Waals surface area contributed by atoms with Gasteiger partial charge < -0.3 is 25.0 Å². The second-order valence-electron chi connectivity index (χ2n) is 9.01. The third kappa shape index (κ3) is 5.43. The van der Waals surface area contributed by atoms with Crippen LogP contribution in [0.3, 0.4) is 0 Å². The van der Waals surface area contributed by atoms with Gasteiger partial charge in [-0.1, -0.05) is 6.07 Å². The van der Waals surface area contributed by atoms with E-state index in [9.17, 15) is 9.59 Å². The Morgan fingerprint density at radius 1 is 1.27 bits per heavy atom. The van der Waals surface area contributed by atoms with E-state index in [-0.39, 0.29) is 17.5 Å². The van der Waals surface area contributed by atoms with Gasteiger partial charge in [0.1, 0.15) is 18.1 Å². The number of carbonyl (C=O) groups excluding carboxylic acids is 2. The molecule has 37 heavy (non-hydrogen) atoms. The van der Waals surface area contributed by atoms with E-state index in [0.29, 0.717) is 47.9 Å². The zero-order valence-electron chi connectivity index (χ0n) is 20.9. The first kappa shape index (κ1) is 25.1. The topological polar surface area (TPSA) is 109 Å². The molecule has 2 amide bonds. The predicted octanol–water partition coefficient (Wildman–Crippen LogP) is 3.16. The summed E-state index contributed by atoms with van der Waals surface area (Å²) in [6.45, 7) is 3.23. The van der Waals surface area contributed by atoms with Crippen LogP contribution in [0.15, 0.2) is 42.0 Å². The Kier molecular flexibility index (Phi) is 7.63. The van der Waals surface area contributed by atoms with Crippen molar-refractivity contribution in [2.45, 2.75) is 25.4 Å². The lowest BCUT2D eigenvalue weighted by molar-refractivity contribution is 0.0991. The van der Waals surface area contributed by atoms with Crippen LogP contribution in [0.25, 0.3) is 0 Å². The minimum absolute atomic E-state index is 0.161. The van der Waals surface area contributed by atoms with Crippen LogP contribution in [-0.2, 0) is 11.3 Å². The Morgan fingerprint density at radius 2 is 2.11 bits per heavy atom. The Balaban J connectivity index is 1.27. The maximum Gasteiger partial charge on any atom is 0.275 e. The maximum absolute atomic E-state index is 13.1. The van der Waals surface area contributed by atoms with E-state index in [4.69, 9.17) is 9.47 Å². The van der Waals surface area contributed by atoms with E-state index in [1.807, 2.05) is 25.2 Å². The minimum atomic E-state index is -0.339. The highest BCUT2D eigenvalue weighted by atomic mass is 32.1. The van der Waals surface area contributed by atoms with Gasteiger partial charge in [-0.2, -0.15) is 0 Å². The zero-order chi connectivity index (χ0) is 25.8. The average molecular weight is 523 g/mol. The van der Waals surface area contributed by atoms with Crippen LogP contribution in [0.2, 0.25) is 0 Å². The van der Waals surface area contributed by atoms with Gasteiger partial charge in [0.25, 0.3) is 11.8 Å². The molecular formula is C26H30N6O4S. The summed E-state index contributed by atoms with van der Waals surface area (Å²) in [5.74, 6) is 0.118. The molecule has 0 atom stereocenters. The van der Waals surface area contributed by atoms with Gasteiger partial charge in [-0.3, -0.25) is 19.5 Å². The summed E-state index contributed by atoms with van der Waals surface area (Å²) in [5.41, 5.74) is 3.28. The van der Waals surface area contributed by atoms with Crippen LogP contribution in [0.4, 0.5) is 16.5 Å². The number of nitrogens with zero attached hydrogens (tertiary/aromatic N) is 4. The zero-order valence-corrected chi connectivity index (χ0v) is 21.7. The molecule has 1 saturated heterocycles. The summed E-state index contributed by atoms with van der Waals surface area (Å²) >= 11 is 1.27. The molecule has 5 rings (SSSR count). The number of ether oxygens (including phenoxy) is 2. The molecule has 2 aliphatic rings. The number of aromatic nitrogens is 2. The van der Waals surface area contributed by atoms with Crippen LogP contribution >= 0.6 is 11.3 Å². The molecule has 0 radical (unpaired) electrons. The fourth-order valence-corrected chi connectivity index (χ4v) is 5.43. The number of rotatable bonds is 9. The molecule has 3 aromatic rings.